The Bertz CT molecular complexity index is 237. The van der Waals surface area contributed by atoms with Crippen LogP contribution in [0.4, 0.5) is 8.78 Å². The molecule has 0 saturated carbocycles. The Hall–Kier alpha value is -0.220. The van der Waals surface area contributed by atoms with Gasteiger partial charge in [0.05, 0.1) is 6.54 Å². The van der Waals surface area contributed by atoms with Crippen LogP contribution >= 0.6 is 0 Å². The van der Waals surface area contributed by atoms with Gasteiger partial charge in [0.1, 0.15) is 0 Å². The van der Waals surface area contributed by atoms with Crippen molar-refractivity contribution in [3.63, 3.8) is 0 Å². The Morgan fingerprint density at radius 1 is 1.20 bits per heavy atom. The number of fused-ring (bicyclic) bond motifs is 2. The zero-order valence-corrected chi connectivity index (χ0v) is 9.71. The van der Waals surface area contributed by atoms with Crippen molar-refractivity contribution >= 4 is 0 Å². The van der Waals surface area contributed by atoms with Crippen molar-refractivity contribution in [1.82, 2.24) is 9.80 Å². The van der Waals surface area contributed by atoms with E-state index in [1.165, 1.54) is 0 Å². The molecule has 15 heavy (non-hydrogen) atoms. The van der Waals surface area contributed by atoms with Crippen molar-refractivity contribution in [2.45, 2.75) is 51.2 Å². The van der Waals surface area contributed by atoms with Gasteiger partial charge in [-0.2, -0.15) is 0 Å². The SMILES string of the molecule is CC(C)(C)N1C[C@H]2C[C@@H]1CN2CC(F)F. The molecule has 0 amide bonds. The van der Waals surface area contributed by atoms with Gasteiger partial charge in [0.25, 0.3) is 6.43 Å². The third-order valence-corrected chi connectivity index (χ3v) is 3.59. The highest BCUT2D eigenvalue weighted by Gasteiger charge is 2.46. The standard InChI is InChI=1S/C11H20F2N2/c1-11(2,3)15-6-8-4-9(15)5-14(8)7-10(12)13/h8-10H,4-7H2,1-3H3/t8-,9-/m1/s1. The van der Waals surface area contributed by atoms with Gasteiger partial charge in [-0.1, -0.05) is 0 Å². The minimum absolute atomic E-state index is 0.0425. The molecule has 0 spiro atoms. The van der Waals surface area contributed by atoms with Crippen molar-refractivity contribution in [3.8, 4) is 0 Å². The lowest BCUT2D eigenvalue weighted by Crippen LogP contribution is -2.54. The minimum Gasteiger partial charge on any atom is -0.293 e. The Morgan fingerprint density at radius 2 is 1.87 bits per heavy atom. The average Bonchev–Trinajstić information content (AvgIpc) is 2.58. The normalized spacial score (nSPS) is 33.2. The third kappa shape index (κ3) is 2.16. The Balaban J connectivity index is 1.95. The molecule has 2 aliphatic rings. The van der Waals surface area contributed by atoms with E-state index in [0.717, 1.165) is 19.5 Å². The van der Waals surface area contributed by atoms with E-state index < -0.39 is 6.43 Å². The number of rotatable bonds is 2. The second kappa shape index (κ2) is 3.67. The molecule has 2 saturated heterocycles. The van der Waals surface area contributed by atoms with E-state index in [9.17, 15) is 8.78 Å². The van der Waals surface area contributed by atoms with E-state index in [1.807, 2.05) is 4.90 Å². The summed E-state index contributed by atoms with van der Waals surface area (Å²) in [6.07, 6.45) is -1.11. The van der Waals surface area contributed by atoms with Crippen LogP contribution < -0.4 is 0 Å². The van der Waals surface area contributed by atoms with Crippen LogP contribution in [0.25, 0.3) is 0 Å². The minimum atomic E-state index is -2.19. The number of halogens is 2. The Labute approximate surface area is 90.2 Å². The maximum absolute atomic E-state index is 12.3. The van der Waals surface area contributed by atoms with E-state index in [0.29, 0.717) is 12.1 Å². The van der Waals surface area contributed by atoms with Gasteiger partial charge < -0.3 is 0 Å². The van der Waals surface area contributed by atoms with Crippen LogP contribution in [0, 0.1) is 0 Å². The Morgan fingerprint density at radius 3 is 2.27 bits per heavy atom. The second-order valence-electron chi connectivity index (χ2n) is 5.71. The van der Waals surface area contributed by atoms with Gasteiger partial charge >= 0.3 is 0 Å². The molecule has 0 aliphatic carbocycles. The van der Waals surface area contributed by atoms with E-state index in [4.69, 9.17) is 0 Å². The molecule has 0 aromatic carbocycles. The lowest BCUT2D eigenvalue weighted by atomic mass is 10.0. The first-order valence-electron chi connectivity index (χ1n) is 5.67. The number of piperazine rings is 1. The molecule has 0 aromatic heterocycles. The van der Waals surface area contributed by atoms with E-state index in [2.05, 4.69) is 25.7 Å². The van der Waals surface area contributed by atoms with Crippen molar-refractivity contribution in [1.29, 1.82) is 0 Å². The zero-order chi connectivity index (χ0) is 11.2. The van der Waals surface area contributed by atoms with Gasteiger partial charge in [0.15, 0.2) is 0 Å². The summed E-state index contributed by atoms with van der Waals surface area (Å²) in [7, 11) is 0. The number of alkyl halides is 2. The van der Waals surface area contributed by atoms with E-state index >= 15 is 0 Å². The molecule has 0 N–H and O–H groups in total. The summed E-state index contributed by atoms with van der Waals surface area (Å²) in [4.78, 5) is 4.41. The molecule has 2 nitrogen and oxygen atoms in total. The van der Waals surface area contributed by atoms with Crippen molar-refractivity contribution in [2.24, 2.45) is 0 Å². The second-order valence-corrected chi connectivity index (χ2v) is 5.71. The van der Waals surface area contributed by atoms with Gasteiger partial charge in [-0.15, -0.1) is 0 Å². The van der Waals surface area contributed by atoms with Crippen LogP contribution in [0.15, 0.2) is 0 Å². The summed E-state index contributed by atoms with van der Waals surface area (Å²) in [5.41, 5.74) is 0.177. The van der Waals surface area contributed by atoms with Crippen LogP contribution in [0.5, 0.6) is 0 Å². The number of nitrogens with zero attached hydrogens (tertiary/aromatic N) is 2. The molecule has 88 valence electrons. The average molecular weight is 218 g/mol. The summed E-state index contributed by atoms with van der Waals surface area (Å²) < 4.78 is 24.6. The molecule has 0 radical (unpaired) electrons. The highest BCUT2D eigenvalue weighted by atomic mass is 19.3. The third-order valence-electron chi connectivity index (χ3n) is 3.59. The molecule has 0 unspecified atom stereocenters. The summed E-state index contributed by atoms with van der Waals surface area (Å²) in [5.74, 6) is 0. The summed E-state index contributed by atoms with van der Waals surface area (Å²) in [5, 5.41) is 0. The largest absolute Gasteiger partial charge is 0.293 e. The number of hydrogen-bond acceptors (Lipinski definition) is 2. The van der Waals surface area contributed by atoms with Crippen LogP contribution in [0.1, 0.15) is 27.2 Å². The molecule has 2 rings (SSSR count). The summed E-state index contributed by atoms with van der Waals surface area (Å²) >= 11 is 0. The fourth-order valence-corrected chi connectivity index (χ4v) is 2.97. The highest BCUT2D eigenvalue weighted by molar-refractivity contribution is 5.03. The molecule has 2 heterocycles. The maximum Gasteiger partial charge on any atom is 0.251 e. The van der Waals surface area contributed by atoms with E-state index in [-0.39, 0.29) is 12.1 Å². The lowest BCUT2D eigenvalue weighted by Gasteiger charge is -2.41. The molecular weight excluding hydrogens is 198 g/mol. The van der Waals surface area contributed by atoms with Crippen LogP contribution in [0.3, 0.4) is 0 Å². The van der Waals surface area contributed by atoms with E-state index in [1.54, 1.807) is 0 Å². The predicted octanol–water partition coefficient (Wildman–Crippen LogP) is 1.81. The molecule has 2 atom stereocenters. The monoisotopic (exact) mass is 218 g/mol. The number of hydrogen-bond donors (Lipinski definition) is 0. The smallest absolute Gasteiger partial charge is 0.251 e. The molecule has 4 heteroatoms. The quantitative estimate of drug-likeness (QED) is 0.697. The van der Waals surface area contributed by atoms with Crippen molar-refractivity contribution < 1.29 is 8.78 Å². The first-order valence-corrected chi connectivity index (χ1v) is 5.67. The van der Waals surface area contributed by atoms with Gasteiger partial charge in [-0.05, 0) is 27.2 Å². The van der Waals surface area contributed by atoms with Crippen molar-refractivity contribution in [2.75, 3.05) is 19.6 Å². The van der Waals surface area contributed by atoms with Crippen LogP contribution in [-0.4, -0.2) is 53.5 Å². The fraction of sp³-hybridized carbons (Fsp3) is 1.00. The van der Waals surface area contributed by atoms with Gasteiger partial charge in [-0.3, -0.25) is 9.80 Å². The molecule has 0 aromatic rings. The molecule has 2 fully saturated rings. The highest BCUT2D eigenvalue weighted by Crippen LogP contribution is 2.35. The maximum atomic E-state index is 12.3. The van der Waals surface area contributed by atoms with Gasteiger partial charge in [0, 0.05) is 30.7 Å². The number of likely N-dealkylation sites (tertiary alicyclic amines) is 2. The topological polar surface area (TPSA) is 6.48 Å². The van der Waals surface area contributed by atoms with Gasteiger partial charge in [0.2, 0.25) is 0 Å². The molecular formula is C11H20F2N2. The van der Waals surface area contributed by atoms with Crippen LogP contribution in [0.2, 0.25) is 0 Å². The summed E-state index contributed by atoms with van der Waals surface area (Å²) in [6.45, 7) is 8.34. The van der Waals surface area contributed by atoms with Gasteiger partial charge in [-0.25, -0.2) is 8.78 Å². The molecule has 2 bridgehead atoms. The first-order chi connectivity index (χ1) is 6.88. The molecule has 2 aliphatic heterocycles. The predicted molar refractivity (Wildman–Crippen MR) is 56.2 cm³/mol. The zero-order valence-electron chi connectivity index (χ0n) is 9.71. The summed E-state index contributed by atoms with van der Waals surface area (Å²) in [6, 6.07) is 0.858. The lowest BCUT2D eigenvalue weighted by molar-refractivity contribution is 0.0247. The van der Waals surface area contributed by atoms with Crippen LogP contribution in [-0.2, 0) is 0 Å². The fourth-order valence-electron chi connectivity index (χ4n) is 2.97. The Kier molecular flexibility index (Phi) is 2.75. The first kappa shape index (κ1) is 11.3. The van der Waals surface area contributed by atoms with Crippen molar-refractivity contribution in [3.05, 3.63) is 0 Å².